The summed E-state index contributed by atoms with van der Waals surface area (Å²) in [5, 5.41) is 0. The molecular formula is C5H10BF3N2. The molecule has 2 nitrogen and oxygen atoms in total. The Kier molecular flexibility index (Phi) is 4.57. The number of hydrogen-bond acceptors (Lipinski definition) is 2. The first-order valence-electron chi connectivity index (χ1n) is 3.03. The van der Waals surface area contributed by atoms with Crippen molar-refractivity contribution in [1.82, 2.24) is 9.80 Å². The minimum absolute atomic E-state index is 1.03. The number of hydrogen-bond donors (Lipinski definition) is 0. The lowest BCUT2D eigenvalue weighted by Gasteiger charge is -2.10. The van der Waals surface area contributed by atoms with E-state index in [4.69, 9.17) is 0 Å². The maximum atomic E-state index is 9.67. The number of nitrogens with zero attached hydrogens (tertiary/aromatic N) is 2. The van der Waals surface area contributed by atoms with Crippen molar-refractivity contribution >= 4 is 7.54 Å². The van der Waals surface area contributed by atoms with E-state index in [1.165, 1.54) is 0 Å². The molecule has 0 fully saturated rings. The average molecular weight is 166 g/mol. The Morgan fingerprint density at radius 3 is 1.45 bits per heavy atom. The molecule has 1 aliphatic rings. The monoisotopic (exact) mass is 166 g/mol. The van der Waals surface area contributed by atoms with Crippen molar-refractivity contribution in [3.05, 3.63) is 12.4 Å². The van der Waals surface area contributed by atoms with Gasteiger partial charge in [0.1, 0.15) is 0 Å². The first kappa shape index (κ1) is 10.2. The highest BCUT2D eigenvalue weighted by Gasteiger charge is 2.06. The summed E-state index contributed by atoms with van der Waals surface area (Å²) in [6.45, 7) is 1.03. The molecule has 0 saturated carbocycles. The van der Waals surface area contributed by atoms with E-state index in [2.05, 4.69) is 36.3 Å². The number of rotatable bonds is 0. The molecule has 1 rings (SSSR count). The molecule has 0 unspecified atom stereocenters. The Labute approximate surface area is 64.5 Å². The van der Waals surface area contributed by atoms with Gasteiger partial charge < -0.3 is 9.80 Å². The van der Waals surface area contributed by atoms with Gasteiger partial charge in [0.2, 0.25) is 0 Å². The van der Waals surface area contributed by atoms with E-state index in [0.717, 1.165) is 6.67 Å². The van der Waals surface area contributed by atoms with Gasteiger partial charge in [-0.3, -0.25) is 12.9 Å². The first-order valence-corrected chi connectivity index (χ1v) is 3.03. The van der Waals surface area contributed by atoms with Crippen LogP contribution in [-0.4, -0.2) is 38.1 Å². The van der Waals surface area contributed by atoms with Gasteiger partial charge in [0.15, 0.2) is 0 Å². The van der Waals surface area contributed by atoms with Crippen molar-refractivity contribution in [3.8, 4) is 0 Å². The van der Waals surface area contributed by atoms with Crippen LogP contribution in [0.3, 0.4) is 0 Å². The molecule has 11 heavy (non-hydrogen) atoms. The van der Waals surface area contributed by atoms with Gasteiger partial charge in [-0.15, -0.1) is 0 Å². The van der Waals surface area contributed by atoms with E-state index in [9.17, 15) is 12.9 Å². The summed E-state index contributed by atoms with van der Waals surface area (Å²) in [6.07, 6.45) is 4.11. The van der Waals surface area contributed by atoms with Crippen LogP contribution in [0.15, 0.2) is 12.4 Å². The van der Waals surface area contributed by atoms with Gasteiger partial charge in [-0.25, -0.2) is 0 Å². The summed E-state index contributed by atoms with van der Waals surface area (Å²) in [4.78, 5) is 4.25. The molecular weight excluding hydrogens is 156 g/mol. The summed E-state index contributed by atoms with van der Waals surface area (Å²) in [5.41, 5.74) is 0. The summed E-state index contributed by atoms with van der Waals surface area (Å²) < 4.78 is 29.0. The van der Waals surface area contributed by atoms with Gasteiger partial charge in [0.05, 0.1) is 6.67 Å². The first-order chi connectivity index (χ1) is 5.02. The summed E-state index contributed by atoms with van der Waals surface area (Å²) in [7, 11) is 0.444. The van der Waals surface area contributed by atoms with Crippen molar-refractivity contribution in [2.24, 2.45) is 0 Å². The largest absolute Gasteiger partial charge is 0.762 e. The predicted molar refractivity (Wildman–Crippen MR) is 38.6 cm³/mol. The molecule has 0 amide bonds. The molecule has 1 aliphatic heterocycles. The van der Waals surface area contributed by atoms with E-state index in [1.807, 2.05) is 0 Å². The van der Waals surface area contributed by atoms with E-state index in [-0.39, 0.29) is 0 Å². The lowest BCUT2D eigenvalue weighted by molar-refractivity contribution is 0.340. The van der Waals surface area contributed by atoms with Crippen molar-refractivity contribution in [2.75, 3.05) is 20.8 Å². The van der Waals surface area contributed by atoms with Crippen molar-refractivity contribution in [3.63, 3.8) is 0 Å². The highest BCUT2D eigenvalue weighted by Crippen LogP contribution is 1.97. The topological polar surface area (TPSA) is 6.48 Å². The predicted octanol–water partition coefficient (Wildman–Crippen LogP) is 1.17. The van der Waals surface area contributed by atoms with Crippen LogP contribution in [0.4, 0.5) is 12.9 Å². The fraction of sp³-hybridized carbons (Fsp3) is 0.600. The normalized spacial score (nSPS) is 14.6. The molecule has 0 bridgehead atoms. The zero-order valence-corrected chi connectivity index (χ0v) is 6.47. The molecule has 0 atom stereocenters. The second kappa shape index (κ2) is 4.93. The van der Waals surface area contributed by atoms with E-state index < -0.39 is 7.54 Å². The number of halogens is 3. The van der Waals surface area contributed by atoms with Crippen LogP contribution in [0.1, 0.15) is 0 Å². The molecule has 0 radical (unpaired) electrons. The molecule has 1 heterocycles. The van der Waals surface area contributed by atoms with Gasteiger partial charge in [0.25, 0.3) is 0 Å². The van der Waals surface area contributed by atoms with Crippen LogP contribution < -0.4 is 0 Å². The lowest BCUT2D eigenvalue weighted by Crippen LogP contribution is -2.17. The van der Waals surface area contributed by atoms with Gasteiger partial charge in [0, 0.05) is 26.5 Å². The van der Waals surface area contributed by atoms with Crippen molar-refractivity contribution in [1.29, 1.82) is 0 Å². The molecule has 0 aromatic carbocycles. The Balaban J connectivity index is 0.000000218. The molecule has 0 saturated heterocycles. The van der Waals surface area contributed by atoms with Crippen LogP contribution in [0, 0.1) is 0 Å². The smallest absolute Gasteiger partial charge is 0.362 e. The lowest BCUT2D eigenvalue weighted by atomic mass is 10.5. The van der Waals surface area contributed by atoms with Crippen LogP contribution in [0.5, 0.6) is 0 Å². The summed E-state index contributed by atoms with van der Waals surface area (Å²) in [5.74, 6) is 0. The average Bonchev–Trinajstić information content (AvgIpc) is 2.13. The van der Waals surface area contributed by atoms with Gasteiger partial charge in [-0.1, -0.05) is 0 Å². The fourth-order valence-corrected chi connectivity index (χ4v) is 0.674. The minimum Gasteiger partial charge on any atom is -0.362 e. The van der Waals surface area contributed by atoms with E-state index >= 15 is 0 Å². The second-order valence-corrected chi connectivity index (χ2v) is 2.20. The van der Waals surface area contributed by atoms with Crippen LogP contribution in [0.2, 0.25) is 0 Å². The Hall–Kier alpha value is -0.805. The summed E-state index contributed by atoms with van der Waals surface area (Å²) >= 11 is 0. The minimum atomic E-state index is -3.67. The molecule has 0 spiro atoms. The summed E-state index contributed by atoms with van der Waals surface area (Å²) in [6, 6.07) is 0. The Bertz CT molecular complexity index is 118. The molecule has 0 aliphatic carbocycles. The van der Waals surface area contributed by atoms with Gasteiger partial charge in [-0.2, -0.15) is 0 Å². The second-order valence-electron chi connectivity index (χ2n) is 2.20. The SMILES string of the molecule is CN1C=CN(C)C1.FB(F)F. The molecule has 64 valence electrons. The maximum absolute atomic E-state index is 9.67. The van der Waals surface area contributed by atoms with Gasteiger partial charge >= 0.3 is 7.54 Å². The highest BCUT2D eigenvalue weighted by molar-refractivity contribution is 6.33. The zero-order chi connectivity index (χ0) is 8.85. The molecule has 0 aromatic rings. The maximum Gasteiger partial charge on any atom is 0.762 e. The fourth-order valence-electron chi connectivity index (χ4n) is 0.674. The molecule has 0 aromatic heterocycles. The quantitative estimate of drug-likeness (QED) is 0.498. The highest BCUT2D eigenvalue weighted by atomic mass is 19.4. The van der Waals surface area contributed by atoms with Crippen LogP contribution in [0.25, 0.3) is 0 Å². The van der Waals surface area contributed by atoms with Crippen LogP contribution >= 0.6 is 0 Å². The van der Waals surface area contributed by atoms with E-state index in [1.54, 1.807) is 0 Å². The standard InChI is InChI=1S/C5H10N2.BF3/c1-6-3-4-7(2)5-6;2-1(3)4/h3-4H,5H2,1-2H3;. The Morgan fingerprint density at radius 2 is 1.36 bits per heavy atom. The van der Waals surface area contributed by atoms with Crippen LogP contribution in [-0.2, 0) is 0 Å². The molecule has 6 heteroatoms. The third-order valence-corrected chi connectivity index (χ3v) is 1.02. The third kappa shape index (κ3) is 7.09. The third-order valence-electron chi connectivity index (χ3n) is 1.02. The molecule has 0 N–H and O–H groups in total. The van der Waals surface area contributed by atoms with Crippen molar-refractivity contribution < 1.29 is 12.9 Å². The Morgan fingerprint density at radius 1 is 1.09 bits per heavy atom. The van der Waals surface area contributed by atoms with Crippen molar-refractivity contribution in [2.45, 2.75) is 0 Å². The zero-order valence-electron chi connectivity index (χ0n) is 6.47. The van der Waals surface area contributed by atoms with Gasteiger partial charge in [-0.05, 0) is 0 Å². The van der Waals surface area contributed by atoms with E-state index in [0.29, 0.717) is 0 Å².